The molecule has 0 saturated heterocycles. The van der Waals surface area contributed by atoms with Crippen LogP contribution in [0.1, 0.15) is 16.1 Å². The summed E-state index contributed by atoms with van der Waals surface area (Å²) in [5, 5.41) is 3.47. The van der Waals surface area contributed by atoms with Crippen molar-refractivity contribution in [3.63, 3.8) is 0 Å². The lowest BCUT2D eigenvalue weighted by Gasteiger charge is -2.06. The number of aromatic nitrogens is 2. The van der Waals surface area contributed by atoms with E-state index in [9.17, 15) is 13.6 Å². The molecule has 0 aliphatic rings. The van der Waals surface area contributed by atoms with E-state index in [4.69, 9.17) is 0 Å². The number of methoxy groups -OCH3 is 1. The van der Waals surface area contributed by atoms with Crippen molar-refractivity contribution in [3.05, 3.63) is 17.5 Å². The van der Waals surface area contributed by atoms with E-state index in [1.165, 1.54) is 14.0 Å². The molecule has 0 atom stereocenters. The zero-order valence-corrected chi connectivity index (χ0v) is 9.01. The summed E-state index contributed by atoms with van der Waals surface area (Å²) in [6, 6.07) is 0. The minimum absolute atomic E-state index is 0.0200. The fourth-order valence-electron chi connectivity index (χ4n) is 0.900. The van der Waals surface area contributed by atoms with Gasteiger partial charge in [0.1, 0.15) is 5.56 Å². The third-order valence-electron chi connectivity index (χ3n) is 1.56. The van der Waals surface area contributed by atoms with Gasteiger partial charge >= 0.3 is 10.9 Å². The van der Waals surface area contributed by atoms with Gasteiger partial charge in [0.2, 0.25) is 0 Å². The molecule has 0 fully saturated rings. The van der Waals surface area contributed by atoms with Crippen molar-refractivity contribution in [1.82, 2.24) is 9.78 Å². The molecule has 7 heteroatoms. The smallest absolute Gasteiger partial charge is 0.401 e. The first kappa shape index (κ1) is 11.1. The summed E-state index contributed by atoms with van der Waals surface area (Å²) in [5.41, 5.74) is 0.211. The van der Waals surface area contributed by atoms with Gasteiger partial charge < -0.3 is 4.74 Å². The number of carbonyl (C=O) groups is 1. The first-order valence-corrected chi connectivity index (χ1v) is 4.37. The van der Waals surface area contributed by atoms with E-state index in [2.05, 4.69) is 25.8 Å². The zero-order chi connectivity index (χ0) is 10.9. The lowest BCUT2D eigenvalue weighted by Crippen LogP contribution is -2.15. The van der Waals surface area contributed by atoms with Crippen molar-refractivity contribution in [2.45, 2.75) is 11.9 Å². The molecule has 1 aromatic rings. The monoisotopic (exact) mass is 268 g/mol. The maximum atomic E-state index is 12.7. The van der Waals surface area contributed by atoms with Gasteiger partial charge in [0.15, 0.2) is 0 Å². The number of hydrogen-bond donors (Lipinski definition) is 0. The van der Waals surface area contributed by atoms with Gasteiger partial charge in [-0.25, -0.2) is 4.79 Å². The molecule has 1 rings (SSSR count). The van der Waals surface area contributed by atoms with Crippen molar-refractivity contribution in [2.24, 2.45) is 0 Å². The molecule has 0 saturated carbocycles. The second kappa shape index (κ2) is 3.64. The van der Waals surface area contributed by atoms with Gasteiger partial charge in [0.05, 0.1) is 12.8 Å². The number of ether oxygens (including phenoxy) is 1. The highest BCUT2D eigenvalue weighted by Crippen LogP contribution is 2.28. The van der Waals surface area contributed by atoms with Crippen LogP contribution < -0.4 is 0 Å². The Balaban J connectivity index is 3.12. The van der Waals surface area contributed by atoms with Crippen LogP contribution in [0.25, 0.3) is 0 Å². The van der Waals surface area contributed by atoms with E-state index < -0.39 is 10.9 Å². The van der Waals surface area contributed by atoms with Crippen LogP contribution in [-0.2, 0) is 9.69 Å². The van der Waals surface area contributed by atoms with Gasteiger partial charge in [-0.3, -0.25) is 0 Å². The fraction of sp³-hybridized carbons (Fsp3) is 0.429. The van der Waals surface area contributed by atoms with Crippen LogP contribution in [0.2, 0.25) is 0 Å². The molecule has 1 heterocycles. The number of rotatable bonds is 2. The topological polar surface area (TPSA) is 44.1 Å². The Bertz CT molecular complexity index is 359. The molecule has 0 unspecified atom stereocenters. The third-order valence-corrected chi connectivity index (χ3v) is 1.93. The van der Waals surface area contributed by atoms with Crippen LogP contribution in [-0.4, -0.2) is 22.9 Å². The normalized spacial score (nSPS) is 11.5. The summed E-state index contributed by atoms with van der Waals surface area (Å²) < 4.78 is 30.1. The number of aryl methyl sites for hydroxylation is 1. The van der Waals surface area contributed by atoms with E-state index >= 15 is 0 Å². The SMILES string of the molecule is COC(=O)c1cn(C(F)(F)Br)nc1C. The minimum Gasteiger partial charge on any atom is -0.465 e. The zero-order valence-electron chi connectivity index (χ0n) is 7.42. The second-order valence-electron chi connectivity index (χ2n) is 2.53. The number of alkyl halides is 3. The number of halogens is 3. The Morgan fingerprint density at radius 1 is 1.71 bits per heavy atom. The molecule has 0 spiro atoms. The maximum absolute atomic E-state index is 12.7. The molecule has 14 heavy (non-hydrogen) atoms. The van der Waals surface area contributed by atoms with Crippen LogP contribution in [0.15, 0.2) is 6.20 Å². The Kier molecular flexibility index (Phi) is 2.89. The van der Waals surface area contributed by atoms with E-state index in [0.717, 1.165) is 6.20 Å². The van der Waals surface area contributed by atoms with Crippen LogP contribution in [0, 0.1) is 6.92 Å². The van der Waals surface area contributed by atoms with Gasteiger partial charge in [-0.05, 0) is 6.92 Å². The van der Waals surface area contributed by atoms with Crippen molar-refractivity contribution in [3.8, 4) is 0 Å². The molecule has 0 aliphatic heterocycles. The van der Waals surface area contributed by atoms with E-state index in [-0.39, 0.29) is 11.3 Å². The first-order chi connectivity index (χ1) is 6.36. The van der Waals surface area contributed by atoms with Gasteiger partial charge in [0, 0.05) is 22.1 Å². The molecule has 4 nitrogen and oxygen atoms in total. The average Bonchev–Trinajstić information content (AvgIpc) is 2.45. The molecule has 0 bridgehead atoms. The minimum atomic E-state index is -3.30. The van der Waals surface area contributed by atoms with Gasteiger partial charge in [0.25, 0.3) is 0 Å². The Hall–Kier alpha value is -0.980. The first-order valence-electron chi connectivity index (χ1n) is 3.58. The standard InChI is InChI=1S/C7H7BrF2N2O2/c1-4-5(6(13)14-2)3-12(11-4)7(8,9)10/h3H,1-2H3. The van der Waals surface area contributed by atoms with Gasteiger partial charge in [-0.15, -0.1) is 0 Å². The van der Waals surface area contributed by atoms with E-state index in [1.807, 2.05) is 0 Å². The van der Waals surface area contributed by atoms with Gasteiger partial charge in [-0.1, -0.05) is 0 Å². The lowest BCUT2D eigenvalue weighted by atomic mass is 10.3. The van der Waals surface area contributed by atoms with Crippen molar-refractivity contribution < 1.29 is 18.3 Å². The Labute approximate surface area is 87.0 Å². The molecule has 78 valence electrons. The number of esters is 1. The molecule has 1 aromatic heterocycles. The Morgan fingerprint density at radius 3 is 2.64 bits per heavy atom. The lowest BCUT2D eigenvalue weighted by molar-refractivity contribution is 0.0196. The molecular formula is C7H7BrF2N2O2. The molecule has 0 radical (unpaired) electrons. The summed E-state index contributed by atoms with van der Waals surface area (Å²) in [6.45, 7) is 1.45. The molecular weight excluding hydrogens is 262 g/mol. The summed E-state index contributed by atoms with van der Waals surface area (Å²) in [5.74, 6) is -0.689. The van der Waals surface area contributed by atoms with Crippen LogP contribution in [0.5, 0.6) is 0 Å². The summed E-state index contributed by atoms with van der Waals surface area (Å²) in [6.07, 6.45) is 0.927. The predicted molar refractivity (Wildman–Crippen MR) is 47.4 cm³/mol. The number of nitrogens with zero attached hydrogens (tertiary/aromatic N) is 2. The number of carbonyl (C=O) groups excluding carboxylic acids is 1. The predicted octanol–water partition coefficient (Wildman–Crippen LogP) is 1.88. The maximum Gasteiger partial charge on any atom is 0.401 e. The highest BCUT2D eigenvalue weighted by Gasteiger charge is 2.29. The quantitative estimate of drug-likeness (QED) is 0.608. The van der Waals surface area contributed by atoms with Crippen molar-refractivity contribution in [1.29, 1.82) is 0 Å². The molecule has 0 amide bonds. The fourth-order valence-corrected chi connectivity index (χ4v) is 1.08. The highest BCUT2D eigenvalue weighted by atomic mass is 79.9. The van der Waals surface area contributed by atoms with Crippen LogP contribution >= 0.6 is 15.9 Å². The highest BCUT2D eigenvalue weighted by molar-refractivity contribution is 9.09. The molecule has 0 aromatic carbocycles. The third kappa shape index (κ3) is 2.09. The van der Waals surface area contributed by atoms with Crippen molar-refractivity contribution >= 4 is 21.9 Å². The Morgan fingerprint density at radius 2 is 2.29 bits per heavy atom. The summed E-state index contributed by atoms with van der Waals surface area (Å²) >= 11 is 2.12. The van der Waals surface area contributed by atoms with E-state index in [0.29, 0.717) is 4.68 Å². The largest absolute Gasteiger partial charge is 0.465 e. The van der Waals surface area contributed by atoms with Crippen molar-refractivity contribution in [2.75, 3.05) is 7.11 Å². The van der Waals surface area contributed by atoms with Crippen LogP contribution in [0.4, 0.5) is 8.78 Å². The summed E-state index contributed by atoms with van der Waals surface area (Å²) in [7, 11) is 1.17. The number of hydrogen-bond acceptors (Lipinski definition) is 3. The van der Waals surface area contributed by atoms with Crippen LogP contribution in [0.3, 0.4) is 0 Å². The molecule has 0 aliphatic carbocycles. The molecule has 0 N–H and O–H groups in total. The summed E-state index contributed by atoms with van der Waals surface area (Å²) in [4.78, 5) is 7.74. The average molecular weight is 269 g/mol. The van der Waals surface area contributed by atoms with E-state index in [1.54, 1.807) is 0 Å². The second-order valence-corrected chi connectivity index (χ2v) is 3.49. The van der Waals surface area contributed by atoms with Gasteiger partial charge in [-0.2, -0.15) is 18.6 Å².